The van der Waals surface area contributed by atoms with Gasteiger partial charge in [-0.1, -0.05) is 34.1 Å². The molecule has 0 unspecified atom stereocenters. The molecule has 20 nitrogen and oxygen atoms in total. The second-order valence-electron chi connectivity index (χ2n) is 16.3. The molecule has 3 saturated heterocycles. The van der Waals surface area contributed by atoms with Crippen molar-refractivity contribution in [2.24, 2.45) is 17.6 Å². The number of primary amides is 1. The lowest BCUT2D eigenvalue weighted by Crippen LogP contribution is -2.62. The number of aliphatic hydroxyl groups is 1. The molecule has 3 fully saturated rings. The molecule has 21 heteroatoms. The second-order valence-corrected chi connectivity index (χ2v) is 17.3. The predicted octanol–water partition coefficient (Wildman–Crippen LogP) is -1.71. The first kappa shape index (κ1) is 49.9. The molecule has 9 amide bonds. The summed E-state index contributed by atoms with van der Waals surface area (Å²) in [5.41, 5.74) is 5.46. The lowest BCUT2D eigenvalue weighted by molar-refractivity contribution is -0.148. The van der Waals surface area contributed by atoms with Crippen LogP contribution in [0.5, 0.6) is 0 Å². The Hall–Kier alpha value is -4.50. The van der Waals surface area contributed by atoms with Crippen LogP contribution in [0.1, 0.15) is 92.4 Å². The van der Waals surface area contributed by atoms with Crippen LogP contribution in [-0.4, -0.2) is 161 Å². The van der Waals surface area contributed by atoms with Crippen molar-refractivity contribution < 1.29 is 52.4 Å². The molecule has 0 spiro atoms. The molecule has 0 aromatic rings. The maximum absolute atomic E-state index is 14.3. The molecule has 0 saturated carbocycles. The highest BCUT2D eigenvalue weighted by molar-refractivity contribution is 7.94. The number of hydrogen-bond donors (Lipinski definition) is 7. The van der Waals surface area contributed by atoms with Crippen LogP contribution in [0.15, 0.2) is 0 Å². The number of hydrogen-bond acceptors (Lipinski definition) is 12. The molecule has 0 aromatic carbocycles. The number of likely N-dealkylation sites (N-methyl/N-ethyl adjacent to an activating group) is 1. The number of fused-ring (bicyclic) bond motifs is 2. The SMILES string of the molecule is CC[C@@H](C)[C@@H]1NC(=O)[C@@H]2CCCN2C(=O)[C@@H]2CCCN2C(=O)[C@H](CCC(N)=O)NC(=O)[C@H](CCSOC)NC(=O)[C@H](CC(C)C)NC(=O)CN(C)C(=O)[C@H]([C@H](C)O)NC1=O. The van der Waals surface area contributed by atoms with Gasteiger partial charge in [-0.2, -0.15) is 0 Å². The minimum absolute atomic E-state index is 0.0278. The van der Waals surface area contributed by atoms with Crippen molar-refractivity contribution in [2.45, 2.75) is 141 Å². The van der Waals surface area contributed by atoms with Gasteiger partial charge in [0.2, 0.25) is 53.2 Å². The highest BCUT2D eigenvalue weighted by atomic mass is 32.2. The Kier molecular flexibility index (Phi) is 19.5. The van der Waals surface area contributed by atoms with Gasteiger partial charge >= 0.3 is 0 Å². The fraction of sp³-hybridized carbons (Fsp3) is 0.769. The van der Waals surface area contributed by atoms with Gasteiger partial charge in [-0.15, -0.1) is 0 Å². The average molecular weight is 868 g/mol. The molecule has 3 heterocycles. The van der Waals surface area contributed by atoms with Crippen LogP contribution in [0, 0.1) is 11.8 Å². The van der Waals surface area contributed by atoms with Crippen molar-refractivity contribution in [3.8, 4) is 0 Å². The summed E-state index contributed by atoms with van der Waals surface area (Å²) in [4.78, 5) is 127. The van der Waals surface area contributed by atoms with E-state index in [1.165, 1.54) is 30.9 Å². The molecule has 3 aliphatic heterocycles. The van der Waals surface area contributed by atoms with Gasteiger partial charge in [0.15, 0.2) is 0 Å². The molecule has 8 N–H and O–H groups in total. The summed E-state index contributed by atoms with van der Waals surface area (Å²) in [5, 5.41) is 24.0. The van der Waals surface area contributed by atoms with E-state index in [9.17, 15) is 48.3 Å². The van der Waals surface area contributed by atoms with Crippen molar-refractivity contribution in [3.05, 3.63) is 0 Å². The molecular weight excluding hydrogens is 803 g/mol. The highest BCUT2D eigenvalue weighted by Crippen LogP contribution is 2.27. The van der Waals surface area contributed by atoms with E-state index in [4.69, 9.17) is 9.92 Å². The predicted molar refractivity (Wildman–Crippen MR) is 220 cm³/mol. The number of nitrogens with zero attached hydrogens (tertiary/aromatic N) is 3. The number of carbonyl (C=O) groups excluding carboxylic acids is 9. The number of aliphatic hydroxyl groups excluding tert-OH is 1. The molecule has 338 valence electrons. The van der Waals surface area contributed by atoms with Crippen LogP contribution in [0.2, 0.25) is 0 Å². The zero-order valence-corrected chi connectivity index (χ0v) is 36.6. The van der Waals surface area contributed by atoms with Crippen LogP contribution in [-0.2, 0) is 47.3 Å². The smallest absolute Gasteiger partial charge is 0.248 e. The Morgan fingerprint density at radius 2 is 1.35 bits per heavy atom. The molecule has 0 aromatic heterocycles. The average Bonchev–Trinajstić information content (AvgIpc) is 3.89. The Labute approximate surface area is 356 Å². The number of carbonyl (C=O) groups is 9. The van der Waals surface area contributed by atoms with Gasteiger partial charge in [0.25, 0.3) is 0 Å². The quantitative estimate of drug-likeness (QED) is 0.0854. The van der Waals surface area contributed by atoms with Crippen LogP contribution in [0.4, 0.5) is 0 Å². The first-order valence-corrected chi connectivity index (χ1v) is 21.7. The first-order chi connectivity index (χ1) is 28.3. The lowest BCUT2D eigenvalue weighted by Gasteiger charge is -2.34. The summed E-state index contributed by atoms with van der Waals surface area (Å²) in [5.74, 6) is -6.62. The monoisotopic (exact) mass is 867 g/mol. The molecule has 3 aliphatic rings. The Morgan fingerprint density at radius 3 is 1.93 bits per heavy atom. The van der Waals surface area contributed by atoms with Crippen molar-refractivity contribution in [2.75, 3.05) is 39.5 Å². The minimum Gasteiger partial charge on any atom is -0.391 e. The van der Waals surface area contributed by atoms with Gasteiger partial charge in [0.1, 0.15) is 42.3 Å². The number of nitrogens with one attached hydrogen (secondary N) is 5. The zero-order chi connectivity index (χ0) is 44.8. The minimum atomic E-state index is -1.52. The van der Waals surface area contributed by atoms with Gasteiger partial charge in [-0.3, -0.25) is 43.2 Å². The molecule has 60 heavy (non-hydrogen) atoms. The van der Waals surface area contributed by atoms with Crippen molar-refractivity contribution in [1.82, 2.24) is 41.3 Å². The summed E-state index contributed by atoms with van der Waals surface area (Å²) in [6.45, 7) is 8.25. The molecule has 3 rings (SSSR count). The fourth-order valence-corrected chi connectivity index (χ4v) is 8.14. The van der Waals surface area contributed by atoms with Crippen LogP contribution >= 0.6 is 12.0 Å². The molecule has 0 radical (unpaired) electrons. The van der Waals surface area contributed by atoms with E-state index < -0.39 is 114 Å². The second kappa shape index (κ2) is 23.5. The van der Waals surface area contributed by atoms with Gasteiger partial charge in [0, 0.05) is 32.3 Å². The topological polar surface area (TPSA) is 279 Å². The molecular formula is C39H65N9O11S. The van der Waals surface area contributed by atoms with E-state index in [-0.39, 0.29) is 63.3 Å². The van der Waals surface area contributed by atoms with Crippen molar-refractivity contribution in [1.29, 1.82) is 0 Å². The third kappa shape index (κ3) is 13.8. The molecule has 0 aliphatic carbocycles. The zero-order valence-electron chi connectivity index (χ0n) is 35.8. The summed E-state index contributed by atoms with van der Waals surface area (Å²) in [6, 6.07) is -8.44. The van der Waals surface area contributed by atoms with Gasteiger partial charge in [-0.05, 0) is 75.7 Å². The largest absolute Gasteiger partial charge is 0.391 e. The van der Waals surface area contributed by atoms with E-state index in [0.29, 0.717) is 19.3 Å². The Bertz CT molecular complexity index is 1580. The maximum atomic E-state index is 14.3. The van der Waals surface area contributed by atoms with Gasteiger partial charge < -0.3 is 56.3 Å². The van der Waals surface area contributed by atoms with Crippen molar-refractivity contribution >= 4 is 65.2 Å². The first-order valence-electron chi connectivity index (χ1n) is 20.8. The van der Waals surface area contributed by atoms with Crippen LogP contribution in [0.3, 0.4) is 0 Å². The molecule has 0 bridgehead atoms. The summed E-state index contributed by atoms with van der Waals surface area (Å²) in [7, 11) is 2.73. The van der Waals surface area contributed by atoms with E-state index in [1.807, 2.05) is 20.8 Å². The Balaban J connectivity index is 2.10. The third-order valence-electron chi connectivity index (χ3n) is 11.1. The third-order valence-corrected chi connectivity index (χ3v) is 11.8. The van der Waals surface area contributed by atoms with Crippen LogP contribution in [0.25, 0.3) is 0 Å². The van der Waals surface area contributed by atoms with E-state index in [0.717, 1.165) is 16.9 Å². The summed E-state index contributed by atoms with van der Waals surface area (Å²) in [6.07, 6.45) is 0.135. The van der Waals surface area contributed by atoms with Gasteiger partial charge in [-0.25, -0.2) is 0 Å². The van der Waals surface area contributed by atoms with Crippen LogP contribution < -0.4 is 32.3 Å². The fourth-order valence-electron chi connectivity index (χ4n) is 7.65. The maximum Gasteiger partial charge on any atom is 0.248 e. The van der Waals surface area contributed by atoms with E-state index in [2.05, 4.69) is 26.6 Å². The van der Waals surface area contributed by atoms with Crippen molar-refractivity contribution in [3.63, 3.8) is 0 Å². The number of rotatable bonds is 12. The summed E-state index contributed by atoms with van der Waals surface area (Å²) < 4.78 is 5.08. The normalized spacial score (nSPS) is 28.2. The van der Waals surface area contributed by atoms with E-state index >= 15 is 0 Å². The Morgan fingerprint density at radius 1 is 0.767 bits per heavy atom. The van der Waals surface area contributed by atoms with Gasteiger partial charge in [0.05, 0.1) is 19.8 Å². The molecule has 9 atom stereocenters. The number of amides is 9. The standard InChI is InChI=1S/C39H65N9O11S/c1-8-22(4)31-36(55)45-32(23(5)49)39(58)46(6)20-30(51)41-26(19-21(2)3)34(53)42-24(15-18-60-59-7)33(52)43-25(13-14-29(40)50)37(56)48-17-10-12-28(48)38(57)47-16-9-11-27(47)35(54)44-31/h21-28,31-32,49H,8-20H2,1-7H3,(H2,40,50)(H,41,51)(H,42,53)(H,43,52)(H,44,54)(H,45,55)/t22-,23+,24+,25+,26+,27+,28+,31+,32+/m1/s1. The summed E-state index contributed by atoms with van der Waals surface area (Å²) >= 11 is 1.02. The number of nitrogens with two attached hydrogens (primary N) is 1. The lowest BCUT2D eigenvalue weighted by atomic mass is 9.97. The highest BCUT2D eigenvalue weighted by Gasteiger charge is 2.45. The van der Waals surface area contributed by atoms with E-state index in [1.54, 1.807) is 6.92 Å².